The van der Waals surface area contributed by atoms with Crippen molar-refractivity contribution in [2.24, 2.45) is 5.73 Å². The molecule has 2 fully saturated rings. The van der Waals surface area contributed by atoms with E-state index in [0.717, 1.165) is 30.6 Å². The summed E-state index contributed by atoms with van der Waals surface area (Å²) in [5.41, 5.74) is 4.81. The van der Waals surface area contributed by atoms with E-state index in [1.807, 2.05) is 0 Å². The molecule has 0 bridgehead atoms. The Hall–Kier alpha value is -1.67. The fourth-order valence-corrected chi connectivity index (χ4v) is 2.85. The van der Waals surface area contributed by atoms with Crippen LogP contribution >= 0.6 is 12.4 Å². The second-order valence-corrected chi connectivity index (χ2v) is 6.32. The molecule has 122 valence electrons. The molecular weight excluding hydrogens is 310 g/mol. The number of carbonyl (C=O) groups is 2. The van der Waals surface area contributed by atoms with Crippen molar-refractivity contribution in [2.75, 3.05) is 0 Å². The summed E-state index contributed by atoms with van der Waals surface area (Å²) in [7, 11) is 0. The molecule has 1 aliphatic heterocycles. The van der Waals surface area contributed by atoms with Crippen LogP contribution in [-0.2, 0) is 16.9 Å². The van der Waals surface area contributed by atoms with Gasteiger partial charge in [-0.3, -0.25) is 9.69 Å². The van der Waals surface area contributed by atoms with E-state index in [-0.39, 0.29) is 30.7 Å². The number of nitrogens with zero attached hydrogens (tertiary/aromatic N) is 3. The van der Waals surface area contributed by atoms with Crippen molar-refractivity contribution in [1.82, 2.24) is 20.4 Å². The van der Waals surface area contributed by atoms with Gasteiger partial charge in [-0.1, -0.05) is 18.0 Å². The Morgan fingerprint density at radius 3 is 2.50 bits per heavy atom. The van der Waals surface area contributed by atoms with E-state index >= 15 is 0 Å². The Balaban J connectivity index is 0.00000176. The zero-order valence-corrected chi connectivity index (χ0v) is 13.4. The molecule has 1 aromatic heterocycles. The van der Waals surface area contributed by atoms with Crippen LogP contribution in [-0.4, -0.2) is 32.5 Å². The third-order valence-electron chi connectivity index (χ3n) is 4.15. The van der Waals surface area contributed by atoms with Crippen LogP contribution in [0.25, 0.3) is 0 Å². The predicted octanol–water partition coefficient (Wildman–Crippen LogP) is 1.05. The number of carbonyl (C=O) groups excluding carboxylic acids is 2. The highest BCUT2D eigenvalue weighted by atomic mass is 35.5. The van der Waals surface area contributed by atoms with Crippen molar-refractivity contribution in [1.29, 1.82) is 0 Å². The largest absolute Gasteiger partial charge is 0.337 e. The number of amides is 3. The summed E-state index contributed by atoms with van der Waals surface area (Å²) in [6.45, 7) is 3.27. The first kappa shape index (κ1) is 16.7. The molecule has 3 N–H and O–H groups in total. The summed E-state index contributed by atoms with van der Waals surface area (Å²) in [5.74, 6) is 0.375. The molecule has 3 amide bonds. The van der Waals surface area contributed by atoms with Crippen LogP contribution < -0.4 is 11.1 Å². The molecule has 22 heavy (non-hydrogen) atoms. The SMILES string of the molecule is CC1(C)NC(=O)N(Cc2nc(C3(N)CCCC3)no2)C1=O.Cl. The smallest absolute Gasteiger partial charge is 0.325 e. The zero-order chi connectivity index (χ0) is 15.3. The lowest BCUT2D eigenvalue weighted by atomic mass is 9.99. The maximum atomic E-state index is 12.1. The molecule has 2 aliphatic rings. The van der Waals surface area contributed by atoms with Gasteiger partial charge in [-0.05, 0) is 26.7 Å². The van der Waals surface area contributed by atoms with Crippen LogP contribution in [0.5, 0.6) is 0 Å². The van der Waals surface area contributed by atoms with Gasteiger partial charge in [-0.15, -0.1) is 12.4 Å². The lowest BCUT2D eigenvalue weighted by molar-refractivity contribution is -0.130. The van der Waals surface area contributed by atoms with Gasteiger partial charge in [0.2, 0.25) is 5.89 Å². The molecule has 1 aromatic rings. The maximum Gasteiger partial charge on any atom is 0.325 e. The highest BCUT2D eigenvalue weighted by molar-refractivity contribution is 6.06. The highest BCUT2D eigenvalue weighted by Gasteiger charge is 2.45. The molecule has 0 aromatic carbocycles. The number of nitrogens with one attached hydrogen (secondary N) is 1. The Kier molecular flexibility index (Phi) is 4.18. The van der Waals surface area contributed by atoms with E-state index in [1.54, 1.807) is 13.8 Å². The van der Waals surface area contributed by atoms with Gasteiger partial charge in [0.15, 0.2) is 5.82 Å². The van der Waals surface area contributed by atoms with E-state index in [4.69, 9.17) is 10.3 Å². The first-order chi connectivity index (χ1) is 9.82. The van der Waals surface area contributed by atoms with Crippen LogP contribution in [0.4, 0.5) is 4.79 Å². The molecule has 1 saturated carbocycles. The van der Waals surface area contributed by atoms with Gasteiger partial charge in [-0.2, -0.15) is 4.98 Å². The monoisotopic (exact) mass is 329 g/mol. The first-order valence-corrected chi connectivity index (χ1v) is 7.08. The van der Waals surface area contributed by atoms with Gasteiger partial charge in [0.1, 0.15) is 12.1 Å². The summed E-state index contributed by atoms with van der Waals surface area (Å²) < 4.78 is 5.15. The minimum Gasteiger partial charge on any atom is -0.337 e. The lowest BCUT2D eigenvalue weighted by Gasteiger charge is -2.17. The van der Waals surface area contributed by atoms with Crippen LogP contribution in [0.3, 0.4) is 0 Å². The number of nitrogens with two attached hydrogens (primary N) is 1. The van der Waals surface area contributed by atoms with Crippen molar-refractivity contribution >= 4 is 24.3 Å². The van der Waals surface area contributed by atoms with Crippen molar-refractivity contribution in [3.05, 3.63) is 11.7 Å². The summed E-state index contributed by atoms with van der Waals surface area (Å²) in [5, 5.41) is 6.52. The Bertz CT molecular complexity index is 594. The fraction of sp³-hybridized carbons (Fsp3) is 0.692. The number of halogens is 1. The first-order valence-electron chi connectivity index (χ1n) is 7.08. The molecule has 0 radical (unpaired) electrons. The van der Waals surface area contributed by atoms with E-state index in [9.17, 15) is 9.59 Å². The third kappa shape index (κ3) is 2.68. The average Bonchev–Trinajstić information content (AvgIpc) is 3.07. The molecule has 3 rings (SSSR count). The second-order valence-electron chi connectivity index (χ2n) is 6.32. The quantitative estimate of drug-likeness (QED) is 0.801. The number of aromatic nitrogens is 2. The van der Waals surface area contributed by atoms with E-state index < -0.39 is 17.1 Å². The van der Waals surface area contributed by atoms with Gasteiger partial charge in [-0.25, -0.2) is 4.79 Å². The maximum absolute atomic E-state index is 12.1. The van der Waals surface area contributed by atoms with Gasteiger partial charge >= 0.3 is 6.03 Å². The van der Waals surface area contributed by atoms with Crippen molar-refractivity contribution in [3.63, 3.8) is 0 Å². The molecular formula is C13H20ClN5O3. The number of urea groups is 1. The topological polar surface area (TPSA) is 114 Å². The number of rotatable bonds is 3. The summed E-state index contributed by atoms with van der Waals surface area (Å²) in [6.07, 6.45) is 3.73. The zero-order valence-electron chi connectivity index (χ0n) is 12.6. The average molecular weight is 330 g/mol. The predicted molar refractivity (Wildman–Crippen MR) is 79.0 cm³/mol. The van der Waals surface area contributed by atoms with Crippen LogP contribution in [0.15, 0.2) is 4.52 Å². The number of imide groups is 1. The lowest BCUT2D eigenvalue weighted by Crippen LogP contribution is -2.40. The Labute approximate surface area is 134 Å². The fourth-order valence-electron chi connectivity index (χ4n) is 2.85. The van der Waals surface area contributed by atoms with Crippen molar-refractivity contribution in [2.45, 2.75) is 57.2 Å². The minimum absolute atomic E-state index is 0. The molecule has 2 heterocycles. The molecule has 9 heteroatoms. The van der Waals surface area contributed by atoms with Gasteiger partial charge < -0.3 is 15.6 Å². The van der Waals surface area contributed by atoms with Crippen LogP contribution in [0.1, 0.15) is 51.2 Å². The van der Waals surface area contributed by atoms with E-state index in [0.29, 0.717) is 5.82 Å². The summed E-state index contributed by atoms with van der Waals surface area (Å²) in [4.78, 5) is 29.3. The second kappa shape index (κ2) is 5.51. The molecule has 0 spiro atoms. The minimum atomic E-state index is -0.902. The molecule has 0 atom stereocenters. The van der Waals surface area contributed by atoms with Gasteiger partial charge in [0, 0.05) is 0 Å². The highest BCUT2D eigenvalue weighted by Crippen LogP contribution is 2.34. The van der Waals surface area contributed by atoms with Gasteiger partial charge in [0.05, 0.1) is 5.54 Å². The molecule has 1 aliphatic carbocycles. The standard InChI is InChI=1S/C13H19N5O3.ClH/c1-12(2)10(19)18(11(20)16-12)7-8-15-9(17-21-8)13(14)5-3-4-6-13;/h3-7,14H2,1-2H3,(H,16,20);1H. The third-order valence-corrected chi connectivity index (χ3v) is 4.15. The summed E-state index contributed by atoms with van der Waals surface area (Å²) in [6, 6.07) is -0.451. The summed E-state index contributed by atoms with van der Waals surface area (Å²) >= 11 is 0. The van der Waals surface area contributed by atoms with Crippen LogP contribution in [0.2, 0.25) is 0 Å². The molecule has 0 unspecified atom stereocenters. The number of hydrogen-bond acceptors (Lipinski definition) is 6. The number of hydrogen-bond donors (Lipinski definition) is 2. The molecule has 1 saturated heterocycles. The van der Waals surface area contributed by atoms with Crippen LogP contribution in [0, 0.1) is 0 Å². The van der Waals surface area contributed by atoms with E-state index in [1.165, 1.54) is 0 Å². The Morgan fingerprint density at radius 2 is 1.95 bits per heavy atom. The molecule has 8 nitrogen and oxygen atoms in total. The van der Waals surface area contributed by atoms with Crippen molar-refractivity contribution in [3.8, 4) is 0 Å². The van der Waals surface area contributed by atoms with E-state index in [2.05, 4.69) is 15.5 Å². The van der Waals surface area contributed by atoms with Gasteiger partial charge in [0.25, 0.3) is 5.91 Å². The van der Waals surface area contributed by atoms with Crippen molar-refractivity contribution < 1.29 is 14.1 Å². The normalized spacial score (nSPS) is 22.6. The Morgan fingerprint density at radius 1 is 1.32 bits per heavy atom.